The number of hydrogen-bond acceptors (Lipinski definition) is 6. The summed E-state index contributed by atoms with van der Waals surface area (Å²) in [6.45, 7) is 4.19. The molecule has 1 heterocycles. The number of aryl methyl sites for hydroxylation is 1. The van der Waals surface area contributed by atoms with Crippen LogP contribution in [0.5, 0.6) is 11.5 Å². The molecule has 0 spiro atoms. The third-order valence-corrected chi connectivity index (χ3v) is 5.65. The van der Waals surface area contributed by atoms with Gasteiger partial charge in [0, 0.05) is 24.0 Å². The topological polar surface area (TPSA) is 82.3 Å². The number of anilines is 1. The zero-order valence-electron chi connectivity index (χ0n) is 19.1. The molecule has 0 fully saturated rings. The molecule has 1 aromatic heterocycles. The van der Waals surface area contributed by atoms with E-state index in [0.29, 0.717) is 23.1 Å². The van der Waals surface area contributed by atoms with Gasteiger partial charge in [-0.05, 0) is 60.4 Å². The molecule has 7 heteroatoms. The highest BCUT2D eigenvalue weighted by Crippen LogP contribution is 2.35. The fourth-order valence-corrected chi connectivity index (χ4v) is 3.96. The predicted octanol–water partition coefficient (Wildman–Crippen LogP) is 5.39. The Kier molecular flexibility index (Phi) is 6.42. The maximum absolute atomic E-state index is 13.7. The molecule has 0 radical (unpaired) electrons. The minimum Gasteiger partial charge on any atom is -0.493 e. The van der Waals surface area contributed by atoms with Crippen molar-refractivity contribution in [2.75, 3.05) is 19.5 Å². The Balaban J connectivity index is 1.71. The number of ether oxygens (including phenoxy) is 2. The highest BCUT2D eigenvalue weighted by molar-refractivity contribution is 5.92. The molecule has 0 saturated heterocycles. The van der Waals surface area contributed by atoms with Gasteiger partial charge in [0.2, 0.25) is 0 Å². The van der Waals surface area contributed by atoms with Crippen LogP contribution in [0.3, 0.4) is 0 Å². The zero-order chi connectivity index (χ0) is 23.5. The summed E-state index contributed by atoms with van der Waals surface area (Å²) in [6, 6.07) is 16.5. The Morgan fingerprint density at radius 3 is 2.48 bits per heavy atom. The lowest BCUT2D eigenvalue weighted by molar-refractivity contribution is 0.356. The van der Waals surface area contributed by atoms with Crippen LogP contribution < -0.4 is 20.5 Å². The van der Waals surface area contributed by atoms with Gasteiger partial charge in [0.25, 0.3) is 0 Å². The van der Waals surface area contributed by atoms with E-state index in [1.807, 2.05) is 37.3 Å². The summed E-state index contributed by atoms with van der Waals surface area (Å²) in [7, 11) is 3.20. The molecule has 6 nitrogen and oxygen atoms in total. The van der Waals surface area contributed by atoms with E-state index in [-0.39, 0.29) is 18.4 Å². The summed E-state index contributed by atoms with van der Waals surface area (Å²) in [5.74, 6) is 2.30. The lowest BCUT2D eigenvalue weighted by atomic mass is 9.96. The first-order valence-corrected chi connectivity index (χ1v) is 10.7. The molecular formula is C26H27FN4O2. The molecule has 0 bridgehead atoms. The number of fused-ring (bicyclic) bond motifs is 1. The second-order valence-corrected chi connectivity index (χ2v) is 7.84. The monoisotopic (exact) mass is 446 g/mol. The third-order valence-electron chi connectivity index (χ3n) is 5.65. The molecule has 0 aliphatic carbocycles. The van der Waals surface area contributed by atoms with Gasteiger partial charge in [0.05, 0.1) is 19.7 Å². The van der Waals surface area contributed by atoms with E-state index in [4.69, 9.17) is 15.2 Å². The van der Waals surface area contributed by atoms with Crippen molar-refractivity contribution in [1.82, 2.24) is 9.97 Å². The van der Waals surface area contributed by atoms with Crippen molar-refractivity contribution in [3.05, 3.63) is 77.4 Å². The minimum atomic E-state index is -0.288. The number of rotatable bonds is 7. The Morgan fingerprint density at radius 1 is 1.00 bits per heavy atom. The summed E-state index contributed by atoms with van der Waals surface area (Å²) < 4.78 is 24.6. The normalized spacial score (nSPS) is 11.9. The van der Waals surface area contributed by atoms with Crippen molar-refractivity contribution in [2.45, 2.75) is 26.4 Å². The maximum Gasteiger partial charge on any atom is 0.162 e. The van der Waals surface area contributed by atoms with Crippen molar-refractivity contribution in [3.8, 4) is 22.6 Å². The summed E-state index contributed by atoms with van der Waals surface area (Å²) in [5.41, 5.74) is 10.4. The molecule has 4 rings (SSSR count). The van der Waals surface area contributed by atoms with Gasteiger partial charge in [-0.15, -0.1) is 0 Å². The molecule has 3 N–H and O–H groups in total. The molecule has 33 heavy (non-hydrogen) atoms. The molecule has 0 aliphatic heterocycles. The Hall–Kier alpha value is -3.71. The quantitative estimate of drug-likeness (QED) is 0.396. The van der Waals surface area contributed by atoms with Gasteiger partial charge >= 0.3 is 0 Å². The second-order valence-electron chi connectivity index (χ2n) is 7.84. The average Bonchev–Trinajstić information content (AvgIpc) is 2.83. The van der Waals surface area contributed by atoms with E-state index in [1.54, 1.807) is 20.3 Å². The molecule has 0 amide bonds. The van der Waals surface area contributed by atoms with Crippen molar-refractivity contribution < 1.29 is 13.9 Å². The van der Waals surface area contributed by atoms with Crippen molar-refractivity contribution in [2.24, 2.45) is 5.73 Å². The van der Waals surface area contributed by atoms with Crippen molar-refractivity contribution in [1.29, 1.82) is 0 Å². The number of nitrogens with two attached hydrogens (primary N) is 1. The molecule has 0 unspecified atom stereocenters. The first-order valence-electron chi connectivity index (χ1n) is 10.7. The fraction of sp³-hybridized carbons (Fsp3) is 0.231. The molecule has 3 aromatic carbocycles. The van der Waals surface area contributed by atoms with Gasteiger partial charge in [-0.3, -0.25) is 0 Å². The minimum absolute atomic E-state index is 0.0580. The lowest BCUT2D eigenvalue weighted by Gasteiger charge is -2.19. The van der Waals surface area contributed by atoms with Crippen LogP contribution in [0, 0.1) is 12.7 Å². The number of nitrogens with zero attached hydrogens (tertiary/aromatic N) is 2. The summed E-state index contributed by atoms with van der Waals surface area (Å²) in [4.78, 5) is 9.19. The van der Waals surface area contributed by atoms with E-state index in [2.05, 4.69) is 28.3 Å². The van der Waals surface area contributed by atoms with Crippen LogP contribution in [0.25, 0.3) is 22.0 Å². The Bertz CT molecular complexity index is 1310. The zero-order valence-corrected chi connectivity index (χ0v) is 19.1. The summed E-state index contributed by atoms with van der Waals surface area (Å²) >= 11 is 0. The number of benzene rings is 3. The van der Waals surface area contributed by atoms with Gasteiger partial charge in [-0.2, -0.15) is 0 Å². The van der Waals surface area contributed by atoms with E-state index in [9.17, 15) is 4.39 Å². The van der Waals surface area contributed by atoms with Crippen LogP contribution in [0.1, 0.15) is 29.9 Å². The fourth-order valence-electron chi connectivity index (χ4n) is 3.96. The summed E-state index contributed by atoms with van der Waals surface area (Å²) in [6.07, 6.45) is 0. The van der Waals surface area contributed by atoms with Crippen LogP contribution in [0.2, 0.25) is 0 Å². The SMILES string of the molecule is COc1cc2nc(C)nc(N[C@H](C)c3cccc(-c4ccc(F)cc4CN)c3)c2cc1OC. The lowest BCUT2D eigenvalue weighted by Crippen LogP contribution is -2.10. The number of aromatic nitrogens is 2. The second kappa shape index (κ2) is 9.42. The van der Waals surface area contributed by atoms with Crippen molar-refractivity contribution >= 4 is 16.7 Å². The third kappa shape index (κ3) is 4.59. The molecule has 170 valence electrons. The van der Waals surface area contributed by atoms with Gasteiger partial charge in [-0.25, -0.2) is 14.4 Å². The molecular weight excluding hydrogens is 419 g/mol. The van der Waals surface area contributed by atoms with Crippen molar-refractivity contribution in [3.63, 3.8) is 0 Å². The number of methoxy groups -OCH3 is 2. The summed E-state index contributed by atoms with van der Waals surface area (Å²) in [5, 5.41) is 4.35. The van der Waals surface area contributed by atoms with Gasteiger partial charge in [-0.1, -0.05) is 24.3 Å². The van der Waals surface area contributed by atoms with E-state index in [1.165, 1.54) is 12.1 Å². The van der Waals surface area contributed by atoms with E-state index in [0.717, 1.165) is 33.2 Å². The Morgan fingerprint density at radius 2 is 1.76 bits per heavy atom. The number of halogens is 1. The largest absolute Gasteiger partial charge is 0.493 e. The Labute approximate surface area is 192 Å². The van der Waals surface area contributed by atoms with Crippen LogP contribution in [0.4, 0.5) is 10.2 Å². The van der Waals surface area contributed by atoms with Crippen LogP contribution in [-0.2, 0) is 6.54 Å². The van der Waals surface area contributed by atoms with Gasteiger partial charge in [0.1, 0.15) is 17.5 Å². The molecule has 4 aromatic rings. The first kappa shape index (κ1) is 22.5. The van der Waals surface area contributed by atoms with Crippen LogP contribution in [0.15, 0.2) is 54.6 Å². The predicted molar refractivity (Wildman–Crippen MR) is 129 cm³/mol. The highest BCUT2D eigenvalue weighted by atomic mass is 19.1. The average molecular weight is 447 g/mol. The maximum atomic E-state index is 13.7. The smallest absolute Gasteiger partial charge is 0.162 e. The molecule has 1 atom stereocenters. The van der Waals surface area contributed by atoms with E-state index < -0.39 is 0 Å². The molecule has 0 saturated carbocycles. The highest BCUT2D eigenvalue weighted by Gasteiger charge is 2.15. The molecule has 0 aliphatic rings. The van der Waals surface area contributed by atoms with E-state index >= 15 is 0 Å². The standard InChI is InChI=1S/C26H27FN4O2/c1-15(17-6-5-7-18(10-17)21-9-8-20(27)11-19(21)14-28)29-26-22-12-24(32-3)25(33-4)13-23(22)30-16(2)31-26/h5-13,15H,14,28H2,1-4H3,(H,29,30,31)/t15-/m1/s1. The first-order chi connectivity index (χ1) is 15.9. The van der Waals surface area contributed by atoms with Gasteiger partial charge in [0.15, 0.2) is 11.5 Å². The number of hydrogen-bond donors (Lipinski definition) is 2. The van der Waals surface area contributed by atoms with Gasteiger partial charge < -0.3 is 20.5 Å². The number of nitrogens with one attached hydrogen (secondary N) is 1. The van der Waals surface area contributed by atoms with Crippen LogP contribution in [-0.4, -0.2) is 24.2 Å². The van der Waals surface area contributed by atoms with Crippen LogP contribution >= 0.6 is 0 Å².